The highest BCUT2D eigenvalue weighted by molar-refractivity contribution is 8.14. The molecule has 0 bridgehead atoms. The van der Waals surface area contributed by atoms with Crippen LogP contribution in [0.25, 0.3) is 0 Å². The Morgan fingerprint density at radius 3 is 2.82 bits per heavy atom. The second-order valence-corrected chi connectivity index (χ2v) is 8.15. The van der Waals surface area contributed by atoms with Crippen LogP contribution in [0.2, 0.25) is 0 Å². The Hall–Kier alpha value is -1.38. The van der Waals surface area contributed by atoms with E-state index in [-0.39, 0.29) is 15.9 Å². The molecule has 118 valence electrons. The van der Waals surface area contributed by atoms with E-state index in [4.69, 9.17) is 0 Å². The third-order valence-corrected chi connectivity index (χ3v) is 6.35. The summed E-state index contributed by atoms with van der Waals surface area (Å²) >= 11 is 1.15. The average molecular weight is 340 g/mol. The molecule has 0 aliphatic carbocycles. The molecule has 0 saturated carbocycles. The molecule has 0 aromatic heterocycles. The molecule has 8 heteroatoms. The van der Waals surface area contributed by atoms with E-state index in [2.05, 4.69) is 4.72 Å². The molecule has 0 unspecified atom stereocenters. The zero-order chi connectivity index (χ0) is 15.9. The first-order chi connectivity index (χ1) is 10.4. The minimum Gasteiger partial charge on any atom is -0.312 e. The highest BCUT2D eigenvalue weighted by Gasteiger charge is 2.31. The third-order valence-electron chi connectivity index (χ3n) is 3.87. The fourth-order valence-electron chi connectivity index (χ4n) is 2.73. The number of hydrogen-bond acceptors (Lipinski definition) is 5. The molecule has 1 aromatic rings. The van der Waals surface area contributed by atoms with Gasteiger partial charge in [-0.15, -0.1) is 0 Å². The van der Waals surface area contributed by atoms with Crippen LogP contribution in [-0.4, -0.2) is 37.8 Å². The van der Waals surface area contributed by atoms with Gasteiger partial charge in [-0.25, -0.2) is 8.42 Å². The lowest BCUT2D eigenvalue weighted by Crippen LogP contribution is -2.37. The van der Waals surface area contributed by atoms with Crippen LogP contribution in [0.1, 0.15) is 18.9 Å². The number of carbonyl (C=O) groups excluding carboxylic acids is 2. The van der Waals surface area contributed by atoms with Crippen LogP contribution in [0.3, 0.4) is 0 Å². The average Bonchev–Trinajstić information content (AvgIpc) is 3.04. The number of fused-ring (bicyclic) bond motifs is 1. The zero-order valence-electron chi connectivity index (χ0n) is 12.0. The Labute approximate surface area is 133 Å². The van der Waals surface area contributed by atoms with Crippen molar-refractivity contribution in [3.63, 3.8) is 0 Å². The van der Waals surface area contributed by atoms with Crippen LogP contribution in [-0.2, 0) is 26.0 Å². The Kier molecular flexibility index (Phi) is 4.00. The number of anilines is 1. The lowest BCUT2D eigenvalue weighted by molar-refractivity contribution is -0.116. The standard InChI is InChI=1S/C14H16N2O4S2/c1-9(17)16-6-4-10-8-11(2-3-13(10)16)22(19,20)15-12-5-7-21-14(12)18/h2-3,8,12,15H,4-7H2,1H3/t12-/m1/s1. The molecule has 0 spiro atoms. The summed E-state index contributed by atoms with van der Waals surface area (Å²) in [6.07, 6.45) is 1.16. The summed E-state index contributed by atoms with van der Waals surface area (Å²) in [5, 5.41) is -0.132. The number of hydrogen-bond donors (Lipinski definition) is 1. The lowest BCUT2D eigenvalue weighted by atomic mass is 10.2. The molecule has 1 amide bonds. The molecular weight excluding hydrogens is 324 g/mol. The maximum Gasteiger partial charge on any atom is 0.241 e. The molecule has 6 nitrogen and oxygen atoms in total. The van der Waals surface area contributed by atoms with Crippen molar-refractivity contribution in [2.75, 3.05) is 17.2 Å². The molecule has 2 heterocycles. The van der Waals surface area contributed by atoms with E-state index in [1.54, 1.807) is 17.0 Å². The van der Waals surface area contributed by atoms with Crippen LogP contribution < -0.4 is 9.62 Å². The first-order valence-corrected chi connectivity index (χ1v) is 9.45. The molecule has 1 aromatic carbocycles. The zero-order valence-corrected chi connectivity index (χ0v) is 13.7. The van der Waals surface area contributed by atoms with Gasteiger partial charge < -0.3 is 4.90 Å². The van der Waals surface area contributed by atoms with Gasteiger partial charge in [-0.2, -0.15) is 4.72 Å². The summed E-state index contributed by atoms with van der Waals surface area (Å²) in [5.74, 6) is 0.588. The molecule has 2 aliphatic rings. The van der Waals surface area contributed by atoms with Crippen molar-refractivity contribution >= 4 is 38.5 Å². The Morgan fingerprint density at radius 2 is 2.18 bits per heavy atom. The van der Waals surface area contributed by atoms with Gasteiger partial charge in [-0.05, 0) is 36.6 Å². The lowest BCUT2D eigenvalue weighted by Gasteiger charge is -2.15. The summed E-state index contributed by atoms with van der Waals surface area (Å²) in [4.78, 5) is 24.9. The maximum atomic E-state index is 12.4. The SMILES string of the molecule is CC(=O)N1CCc2cc(S(=O)(=O)N[C@@H]3CCSC3=O)ccc21. The summed E-state index contributed by atoms with van der Waals surface area (Å²) in [6, 6.07) is 4.09. The van der Waals surface area contributed by atoms with Gasteiger partial charge >= 0.3 is 0 Å². The number of nitrogens with one attached hydrogen (secondary N) is 1. The first kappa shape index (κ1) is 15.5. The van der Waals surface area contributed by atoms with Gasteiger partial charge in [-0.3, -0.25) is 9.59 Å². The fraction of sp³-hybridized carbons (Fsp3) is 0.429. The molecule has 1 saturated heterocycles. The van der Waals surface area contributed by atoms with E-state index < -0.39 is 16.1 Å². The molecule has 22 heavy (non-hydrogen) atoms. The Balaban J connectivity index is 1.86. The van der Waals surface area contributed by atoms with Gasteiger partial charge in [0.1, 0.15) is 0 Å². The molecule has 1 N–H and O–H groups in total. The van der Waals surface area contributed by atoms with Gasteiger partial charge in [0.15, 0.2) is 0 Å². The van der Waals surface area contributed by atoms with Crippen LogP contribution in [0.4, 0.5) is 5.69 Å². The smallest absolute Gasteiger partial charge is 0.241 e. The van der Waals surface area contributed by atoms with Crippen LogP contribution in [0.5, 0.6) is 0 Å². The van der Waals surface area contributed by atoms with Crippen molar-refractivity contribution in [2.24, 2.45) is 0 Å². The Bertz CT molecular complexity index is 745. The van der Waals surface area contributed by atoms with E-state index in [0.29, 0.717) is 25.1 Å². The second-order valence-electron chi connectivity index (χ2n) is 5.34. The molecule has 3 rings (SSSR count). The van der Waals surface area contributed by atoms with E-state index in [9.17, 15) is 18.0 Å². The van der Waals surface area contributed by atoms with Gasteiger partial charge in [0.25, 0.3) is 0 Å². The highest BCUT2D eigenvalue weighted by atomic mass is 32.2. The Morgan fingerprint density at radius 1 is 1.41 bits per heavy atom. The largest absolute Gasteiger partial charge is 0.312 e. The molecule has 2 aliphatic heterocycles. The van der Waals surface area contributed by atoms with E-state index >= 15 is 0 Å². The van der Waals surface area contributed by atoms with Crippen molar-refractivity contribution in [2.45, 2.75) is 30.7 Å². The van der Waals surface area contributed by atoms with E-state index in [1.807, 2.05) is 0 Å². The van der Waals surface area contributed by atoms with Gasteiger partial charge in [0.2, 0.25) is 21.0 Å². The molecule has 1 fully saturated rings. The van der Waals surface area contributed by atoms with Gasteiger partial charge in [-0.1, -0.05) is 11.8 Å². The number of nitrogens with zero attached hydrogens (tertiary/aromatic N) is 1. The number of amides is 1. The number of thioether (sulfide) groups is 1. The van der Waals surface area contributed by atoms with Crippen LogP contribution >= 0.6 is 11.8 Å². The quantitative estimate of drug-likeness (QED) is 0.884. The molecular formula is C14H16N2O4S2. The maximum absolute atomic E-state index is 12.4. The monoisotopic (exact) mass is 340 g/mol. The van der Waals surface area contributed by atoms with Crippen molar-refractivity contribution in [3.8, 4) is 0 Å². The summed E-state index contributed by atoms with van der Waals surface area (Å²) < 4.78 is 27.3. The van der Waals surface area contributed by atoms with E-state index in [0.717, 1.165) is 23.0 Å². The number of benzene rings is 1. The third kappa shape index (κ3) is 2.78. The number of rotatable bonds is 3. The normalized spacial score (nSPS) is 21.2. The van der Waals surface area contributed by atoms with Crippen LogP contribution in [0.15, 0.2) is 23.1 Å². The van der Waals surface area contributed by atoms with Crippen molar-refractivity contribution in [1.29, 1.82) is 0 Å². The fourth-order valence-corrected chi connectivity index (χ4v) is 5.02. The van der Waals surface area contributed by atoms with Crippen molar-refractivity contribution in [3.05, 3.63) is 23.8 Å². The first-order valence-electron chi connectivity index (χ1n) is 6.98. The minimum atomic E-state index is -3.72. The second kappa shape index (κ2) is 5.68. The minimum absolute atomic E-state index is 0.0546. The van der Waals surface area contributed by atoms with E-state index in [1.165, 1.54) is 13.0 Å². The number of carbonyl (C=O) groups is 2. The highest BCUT2D eigenvalue weighted by Crippen LogP contribution is 2.30. The molecule has 0 radical (unpaired) electrons. The van der Waals surface area contributed by atoms with Crippen molar-refractivity contribution in [1.82, 2.24) is 4.72 Å². The van der Waals surface area contributed by atoms with Crippen molar-refractivity contribution < 1.29 is 18.0 Å². The summed E-state index contributed by atoms with van der Waals surface area (Å²) in [7, 11) is -3.72. The van der Waals surface area contributed by atoms with Crippen LogP contribution in [0, 0.1) is 0 Å². The predicted octanol–water partition coefficient (Wildman–Crippen LogP) is 0.906. The molecule has 1 atom stereocenters. The van der Waals surface area contributed by atoms with Gasteiger partial charge in [0, 0.05) is 24.9 Å². The number of sulfonamides is 1. The predicted molar refractivity (Wildman–Crippen MR) is 84.4 cm³/mol. The topological polar surface area (TPSA) is 83.6 Å². The van der Waals surface area contributed by atoms with Gasteiger partial charge in [0.05, 0.1) is 10.9 Å². The summed E-state index contributed by atoms with van der Waals surface area (Å²) in [6.45, 7) is 2.06. The summed E-state index contributed by atoms with van der Waals surface area (Å²) in [5.41, 5.74) is 1.60.